The van der Waals surface area contributed by atoms with Crippen LogP contribution in [0.5, 0.6) is 0 Å². The highest BCUT2D eigenvalue weighted by Gasteiger charge is 2.18. The van der Waals surface area contributed by atoms with E-state index in [0.29, 0.717) is 5.82 Å². The monoisotopic (exact) mass is 650 g/mol. The molecule has 0 spiro atoms. The Morgan fingerprint density at radius 1 is 0.333 bits per heavy atom. The molecule has 3 nitrogen and oxygen atoms in total. The number of benzene rings is 8. The smallest absolute Gasteiger partial charge is 0.160 e. The summed E-state index contributed by atoms with van der Waals surface area (Å²) in [6.45, 7) is 0. The van der Waals surface area contributed by atoms with E-state index >= 15 is 0 Å². The lowest BCUT2D eigenvalue weighted by Crippen LogP contribution is -1.96. The molecule has 2 heterocycles. The molecule has 8 aromatic carbocycles. The molecule has 3 heteroatoms. The van der Waals surface area contributed by atoms with Crippen molar-refractivity contribution >= 4 is 43.5 Å². The van der Waals surface area contributed by atoms with Crippen LogP contribution >= 0.6 is 0 Å². The van der Waals surface area contributed by atoms with Gasteiger partial charge < -0.3 is 4.42 Å². The number of rotatable bonds is 5. The fraction of sp³-hybridized carbons (Fsp3) is 0. The standard InChI is InChI=1S/C48H30N2O/c1-4-12-31(13-5-1)36-20-21-38-25-39(23-22-37(38)24-36)43-30-44(50-48(49-43)33-16-8-3-9-17-33)40-27-41(32-14-6-2-7-15-32)47-42-26-34-18-10-11-19-35(34)28-45(42)51-46(47)29-40/h1-30H. The predicted molar refractivity (Wildman–Crippen MR) is 212 cm³/mol. The van der Waals surface area contributed by atoms with Crippen LogP contribution in [0.2, 0.25) is 0 Å². The van der Waals surface area contributed by atoms with Crippen molar-refractivity contribution in [3.63, 3.8) is 0 Å². The van der Waals surface area contributed by atoms with Gasteiger partial charge in [-0.2, -0.15) is 0 Å². The molecule has 0 N–H and O–H groups in total. The number of hydrogen-bond acceptors (Lipinski definition) is 3. The van der Waals surface area contributed by atoms with Crippen molar-refractivity contribution in [1.29, 1.82) is 0 Å². The van der Waals surface area contributed by atoms with Crippen molar-refractivity contribution < 1.29 is 4.42 Å². The molecule has 0 atom stereocenters. The van der Waals surface area contributed by atoms with E-state index < -0.39 is 0 Å². The summed E-state index contributed by atoms with van der Waals surface area (Å²) in [6, 6.07) is 63.9. The first-order chi connectivity index (χ1) is 25.2. The van der Waals surface area contributed by atoms with Gasteiger partial charge in [-0.3, -0.25) is 0 Å². The lowest BCUT2D eigenvalue weighted by Gasteiger charge is -2.12. The summed E-state index contributed by atoms with van der Waals surface area (Å²) in [5, 5.41) is 6.91. The molecule has 238 valence electrons. The summed E-state index contributed by atoms with van der Waals surface area (Å²) in [4.78, 5) is 10.3. The molecule has 0 radical (unpaired) electrons. The van der Waals surface area contributed by atoms with Crippen LogP contribution in [0.3, 0.4) is 0 Å². The summed E-state index contributed by atoms with van der Waals surface area (Å²) in [5.74, 6) is 0.680. The minimum absolute atomic E-state index is 0.680. The quantitative estimate of drug-likeness (QED) is 0.186. The summed E-state index contributed by atoms with van der Waals surface area (Å²) in [7, 11) is 0. The zero-order valence-electron chi connectivity index (χ0n) is 27.6. The van der Waals surface area contributed by atoms with Crippen LogP contribution in [0.15, 0.2) is 186 Å². The minimum atomic E-state index is 0.680. The molecule has 0 amide bonds. The van der Waals surface area contributed by atoms with Crippen LogP contribution in [-0.2, 0) is 0 Å². The second-order valence-corrected chi connectivity index (χ2v) is 13.0. The molecule has 10 rings (SSSR count). The first kappa shape index (κ1) is 29.1. The number of aromatic nitrogens is 2. The van der Waals surface area contributed by atoms with Crippen LogP contribution in [0, 0.1) is 0 Å². The summed E-state index contributed by atoms with van der Waals surface area (Å²) < 4.78 is 6.66. The molecule has 0 saturated heterocycles. The van der Waals surface area contributed by atoms with Gasteiger partial charge in [-0.1, -0.05) is 140 Å². The van der Waals surface area contributed by atoms with E-state index in [1.165, 1.54) is 21.9 Å². The molecule has 0 saturated carbocycles. The Labute approximate surface area is 295 Å². The van der Waals surface area contributed by atoms with Gasteiger partial charge in [-0.25, -0.2) is 9.97 Å². The van der Waals surface area contributed by atoms with Gasteiger partial charge in [-0.05, 0) is 86.3 Å². The van der Waals surface area contributed by atoms with Gasteiger partial charge in [0, 0.05) is 27.5 Å². The molecule has 2 aromatic heterocycles. The van der Waals surface area contributed by atoms with Gasteiger partial charge in [-0.15, -0.1) is 0 Å². The van der Waals surface area contributed by atoms with Crippen molar-refractivity contribution in [3.8, 4) is 56.2 Å². The number of fused-ring (bicyclic) bond motifs is 5. The molecule has 0 aliphatic carbocycles. The van der Waals surface area contributed by atoms with Crippen molar-refractivity contribution in [1.82, 2.24) is 9.97 Å². The highest BCUT2D eigenvalue weighted by atomic mass is 16.3. The first-order valence-corrected chi connectivity index (χ1v) is 17.2. The van der Waals surface area contributed by atoms with Gasteiger partial charge in [0.25, 0.3) is 0 Å². The lowest BCUT2D eigenvalue weighted by atomic mass is 9.94. The van der Waals surface area contributed by atoms with Gasteiger partial charge in [0.05, 0.1) is 11.4 Å². The minimum Gasteiger partial charge on any atom is -0.456 e. The predicted octanol–water partition coefficient (Wildman–Crippen LogP) is 13.0. The molecule has 0 aliphatic heterocycles. The van der Waals surface area contributed by atoms with E-state index in [1.807, 2.05) is 18.2 Å². The van der Waals surface area contributed by atoms with E-state index in [9.17, 15) is 0 Å². The van der Waals surface area contributed by atoms with E-state index in [1.54, 1.807) is 0 Å². The van der Waals surface area contributed by atoms with E-state index in [-0.39, 0.29) is 0 Å². The Hall–Kier alpha value is -6.84. The van der Waals surface area contributed by atoms with Crippen LogP contribution < -0.4 is 0 Å². The number of hydrogen-bond donors (Lipinski definition) is 0. The van der Waals surface area contributed by atoms with Crippen LogP contribution in [0.4, 0.5) is 0 Å². The van der Waals surface area contributed by atoms with Crippen molar-refractivity contribution in [2.24, 2.45) is 0 Å². The second-order valence-electron chi connectivity index (χ2n) is 13.0. The van der Waals surface area contributed by atoms with Gasteiger partial charge in [0.15, 0.2) is 5.82 Å². The molecule has 51 heavy (non-hydrogen) atoms. The Balaban J connectivity index is 1.17. The molecule has 10 aromatic rings. The van der Waals surface area contributed by atoms with Crippen molar-refractivity contribution in [2.75, 3.05) is 0 Å². The summed E-state index contributed by atoms with van der Waals surface area (Å²) in [5.41, 5.74) is 11.0. The van der Waals surface area contributed by atoms with E-state index in [0.717, 1.165) is 71.9 Å². The number of furan rings is 1. The Morgan fingerprint density at radius 2 is 0.882 bits per heavy atom. The molecule has 0 aliphatic rings. The highest BCUT2D eigenvalue weighted by molar-refractivity contribution is 6.16. The normalized spacial score (nSPS) is 11.5. The maximum Gasteiger partial charge on any atom is 0.160 e. The average Bonchev–Trinajstić information content (AvgIpc) is 3.57. The maximum absolute atomic E-state index is 6.66. The van der Waals surface area contributed by atoms with Crippen molar-refractivity contribution in [2.45, 2.75) is 0 Å². The third kappa shape index (κ3) is 5.24. The molecule has 0 unspecified atom stereocenters. The van der Waals surface area contributed by atoms with Crippen LogP contribution in [0.1, 0.15) is 0 Å². The fourth-order valence-corrected chi connectivity index (χ4v) is 7.26. The van der Waals surface area contributed by atoms with E-state index in [4.69, 9.17) is 14.4 Å². The fourth-order valence-electron chi connectivity index (χ4n) is 7.26. The summed E-state index contributed by atoms with van der Waals surface area (Å²) >= 11 is 0. The average molecular weight is 651 g/mol. The van der Waals surface area contributed by atoms with Crippen molar-refractivity contribution in [3.05, 3.63) is 182 Å². The van der Waals surface area contributed by atoms with Gasteiger partial charge in [0.2, 0.25) is 0 Å². The third-order valence-corrected chi connectivity index (χ3v) is 9.82. The second kappa shape index (κ2) is 11.9. The zero-order valence-corrected chi connectivity index (χ0v) is 27.6. The van der Waals surface area contributed by atoms with E-state index in [2.05, 4.69) is 164 Å². The van der Waals surface area contributed by atoms with Gasteiger partial charge >= 0.3 is 0 Å². The molecular formula is C48H30N2O. The third-order valence-electron chi connectivity index (χ3n) is 9.82. The molecule has 0 bridgehead atoms. The zero-order chi connectivity index (χ0) is 33.7. The number of nitrogens with zero attached hydrogens (tertiary/aromatic N) is 2. The topological polar surface area (TPSA) is 38.9 Å². The van der Waals surface area contributed by atoms with Crippen LogP contribution in [-0.4, -0.2) is 9.97 Å². The largest absolute Gasteiger partial charge is 0.456 e. The maximum atomic E-state index is 6.66. The Kier molecular flexibility index (Phi) is 6.81. The van der Waals surface area contributed by atoms with Crippen LogP contribution in [0.25, 0.3) is 99.6 Å². The highest BCUT2D eigenvalue weighted by Crippen LogP contribution is 2.42. The lowest BCUT2D eigenvalue weighted by molar-refractivity contribution is 0.669. The molecule has 0 fully saturated rings. The summed E-state index contributed by atoms with van der Waals surface area (Å²) in [6.07, 6.45) is 0. The SMILES string of the molecule is c1ccc(-c2ccc3cc(-c4cc(-c5cc(-c6ccccc6)c6c(c5)oc5cc7ccccc7cc56)nc(-c5ccccc5)n4)ccc3c2)cc1. The van der Waals surface area contributed by atoms with Gasteiger partial charge in [0.1, 0.15) is 11.2 Å². The Morgan fingerprint density at radius 3 is 1.59 bits per heavy atom. The first-order valence-electron chi connectivity index (χ1n) is 17.2. The Bertz CT molecular complexity index is 2890. The molecular weight excluding hydrogens is 621 g/mol.